The van der Waals surface area contributed by atoms with Gasteiger partial charge in [0.05, 0.1) is 17.7 Å². The molecule has 0 aliphatic heterocycles. The van der Waals surface area contributed by atoms with Crippen molar-refractivity contribution in [3.63, 3.8) is 0 Å². The molecule has 0 spiro atoms. The third-order valence-corrected chi connectivity index (χ3v) is 2.52. The van der Waals surface area contributed by atoms with Gasteiger partial charge in [-0.3, -0.25) is 0 Å². The molecule has 0 saturated heterocycles. The average Bonchev–Trinajstić information content (AvgIpc) is 2.42. The van der Waals surface area contributed by atoms with E-state index >= 15 is 0 Å². The monoisotopic (exact) mass is 278 g/mol. The van der Waals surface area contributed by atoms with Crippen molar-refractivity contribution in [2.24, 2.45) is 0 Å². The van der Waals surface area contributed by atoms with Crippen LogP contribution in [0.1, 0.15) is 34.1 Å². The highest BCUT2D eigenvalue weighted by molar-refractivity contribution is 6.02. The van der Waals surface area contributed by atoms with Crippen molar-refractivity contribution < 1.29 is 29.3 Å². The molecule has 106 valence electrons. The molecular formula is C14H14O6. The first kappa shape index (κ1) is 15.4. The summed E-state index contributed by atoms with van der Waals surface area (Å²) < 4.78 is 4.91. The molecule has 0 fully saturated rings. The second-order valence-electron chi connectivity index (χ2n) is 3.97. The largest absolute Gasteiger partial charge is 0.478 e. The van der Waals surface area contributed by atoms with Gasteiger partial charge in [0.2, 0.25) is 0 Å². The van der Waals surface area contributed by atoms with Crippen LogP contribution in [0.3, 0.4) is 0 Å². The second-order valence-corrected chi connectivity index (χ2v) is 3.97. The second kappa shape index (κ2) is 7.08. The zero-order valence-corrected chi connectivity index (χ0v) is 10.8. The van der Waals surface area contributed by atoms with Crippen LogP contribution >= 0.6 is 0 Å². The van der Waals surface area contributed by atoms with Crippen molar-refractivity contribution in [2.75, 3.05) is 6.61 Å². The summed E-state index contributed by atoms with van der Waals surface area (Å²) in [5.74, 6) is -2.99. The van der Waals surface area contributed by atoms with Crippen LogP contribution in [0.15, 0.2) is 35.9 Å². The number of hydrogen-bond donors (Lipinski definition) is 2. The standard InChI is InChI=1S/C14H14O6/c1-9(12(15)16)5-4-8-20-14(19)11-7-3-2-6-10(11)13(17)18/h2-3,5-7H,4,8H2,1H3,(H,15,16)(H,17,18). The topological polar surface area (TPSA) is 101 Å². The Morgan fingerprint density at radius 2 is 1.75 bits per heavy atom. The summed E-state index contributed by atoms with van der Waals surface area (Å²) in [5, 5.41) is 17.6. The average molecular weight is 278 g/mol. The normalized spacial score (nSPS) is 10.9. The number of benzene rings is 1. The molecule has 0 aliphatic rings. The fourth-order valence-corrected chi connectivity index (χ4v) is 1.44. The minimum Gasteiger partial charge on any atom is -0.478 e. The molecule has 0 atom stereocenters. The Hall–Kier alpha value is -2.63. The van der Waals surface area contributed by atoms with E-state index in [-0.39, 0.29) is 29.7 Å². The fourth-order valence-electron chi connectivity index (χ4n) is 1.44. The van der Waals surface area contributed by atoms with E-state index in [0.29, 0.717) is 0 Å². The van der Waals surface area contributed by atoms with E-state index in [9.17, 15) is 14.4 Å². The van der Waals surface area contributed by atoms with Crippen molar-refractivity contribution in [1.82, 2.24) is 0 Å². The van der Waals surface area contributed by atoms with E-state index in [2.05, 4.69) is 0 Å². The highest BCUT2D eigenvalue weighted by atomic mass is 16.5. The molecule has 1 aromatic carbocycles. The summed E-state index contributed by atoms with van der Waals surface area (Å²) in [7, 11) is 0. The third-order valence-electron chi connectivity index (χ3n) is 2.52. The summed E-state index contributed by atoms with van der Waals surface area (Å²) in [6, 6.07) is 5.73. The molecule has 0 aromatic heterocycles. The van der Waals surface area contributed by atoms with Crippen molar-refractivity contribution in [1.29, 1.82) is 0 Å². The molecule has 0 saturated carbocycles. The lowest BCUT2D eigenvalue weighted by Crippen LogP contribution is -2.12. The van der Waals surface area contributed by atoms with Gasteiger partial charge in [-0.1, -0.05) is 18.2 Å². The first-order chi connectivity index (χ1) is 9.43. The van der Waals surface area contributed by atoms with Crippen LogP contribution in [0.2, 0.25) is 0 Å². The summed E-state index contributed by atoms with van der Waals surface area (Å²) >= 11 is 0. The molecule has 0 radical (unpaired) electrons. The maximum absolute atomic E-state index is 11.7. The Labute approximate surface area is 115 Å². The molecule has 0 aliphatic carbocycles. The van der Waals surface area contributed by atoms with Crippen LogP contribution in [0.4, 0.5) is 0 Å². The van der Waals surface area contributed by atoms with Gasteiger partial charge in [-0.05, 0) is 19.1 Å². The number of rotatable bonds is 6. The SMILES string of the molecule is CC(=CCCOC(=O)c1ccccc1C(=O)O)C(=O)O. The molecule has 0 heterocycles. The van der Waals surface area contributed by atoms with Crippen molar-refractivity contribution >= 4 is 17.9 Å². The Balaban J connectivity index is 2.63. The van der Waals surface area contributed by atoms with Gasteiger partial charge in [0.1, 0.15) is 0 Å². The molecule has 1 aromatic rings. The minimum absolute atomic E-state index is 0.0165. The predicted octanol–water partition coefficient (Wildman–Crippen LogP) is 1.96. The number of esters is 1. The lowest BCUT2D eigenvalue weighted by Gasteiger charge is -2.06. The summed E-state index contributed by atoms with van der Waals surface area (Å²) in [5.41, 5.74) is 0.000629. The fraction of sp³-hybridized carbons (Fsp3) is 0.214. The first-order valence-electron chi connectivity index (χ1n) is 5.83. The lowest BCUT2D eigenvalue weighted by molar-refractivity contribution is -0.132. The number of carbonyl (C=O) groups excluding carboxylic acids is 1. The number of ether oxygens (including phenoxy) is 1. The Kier molecular flexibility index (Phi) is 5.46. The zero-order chi connectivity index (χ0) is 15.1. The highest BCUT2D eigenvalue weighted by Gasteiger charge is 2.16. The summed E-state index contributed by atoms with van der Waals surface area (Å²) in [6.45, 7) is 1.42. The Bertz CT molecular complexity index is 559. The molecule has 6 nitrogen and oxygen atoms in total. The number of aliphatic carboxylic acids is 1. The zero-order valence-electron chi connectivity index (χ0n) is 10.8. The van der Waals surface area contributed by atoms with E-state index in [1.54, 1.807) is 0 Å². The maximum atomic E-state index is 11.7. The minimum atomic E-state index is -1.21. The van der Waals surface area contributed by atoms with E-state index in [1.165, 1.54) is 37.3 Å². The maximum Gasteiger partial charge on any atom is 0.339 e. The Morgan fingerprint density at radius 1 is 1.15 bits per heavy atom. The van der Waals surface area contributed by atoms with Gasteiger partial charge in [0, 0.05) is 12.0 Å². The first-order valence-corrected chi connectivity index (χ1v) is 5.83. The third kappa shape index (κ3) is 4.24. The summed E-state index contributed by atoms with van der Waals surface area (Å²) in [4.78, 5) is 33.2. The molecule has 0 bridgehead atoms. The van der Waals surface area contributed by atoms with Crippen molar-refractivity contribution in [3.8, 4) is 0 Å². The van der Waals surface area contributed by atoms with Crippen molar-refractivity contribution in [2.45, 2.75) is 13.3 Å². The van der Waals surface area contributed by atoms with Gasteiger partial charge in [-0.25, -0.2) is 14.4 Å². The highest BCUT2D eigenvalue weighted by Crippen LogP contribution is 2.10. The smallest absolute Gasteiger partial charge is 0.339 e. The molecule has 0 unspecified atom stereocenters. The van der Waals surface area contributed by atoms with Crippen LogP contribution in [-0.4, -0.2) is 34.7 Å². The van der Waals surface area contributed by atoms with Crippen LogP contribution in [0.25, 0.3) is 0 Å². The number of carbonyl (C=O) groups is 3. The van der Waals surface area contributed by atoms with Crippen molar-refractivity contribution in [3.05, 3.63) is 47.0 Å². The Morgan fingerprint density at radius 3 is 2.30 bits per heavy atom. The summed E-state index contributed by atoms with van der Waals surface area (Å²) in [6.07, 6.45) is 1.68. The van der Waals surface area contributed by atoms with Crippen LogP contribution in [0, 0.1) is 0 Å². The van der Waals surface area contributed by atoms with E-state index in [4.69, 9.17) is 14.9 Å². The molecular weight excluding hydrogens is 264 g/mol. The number of hydrogen-bond acceptors (Lipinski definition) is 4. The van der Waals surface area contributed by atoms with E-state index < -0.39 is 17.9 Å². The molecule has 2 N–H and O–H groups in total. The number of carboxylic acid groups (broad SMARTS) is 2. The van der Waals surface area contributed by atoms with Gasteiger partial charge in [-0.2, -0.15) is 0 Å². The predicted molar refractivity (Wildman–Crippen MR) is 69.7 cm³/mol. The number of carboxylic acids is 2. The van der Waals surface area contributed by atoms with Gasteiger partial charge in [-0.15, -0.1) is 0 Å². The molecule has 0 amide bonds. The molecule has 1 rings (SSSR count). The van der Waals surface area contributed by atoms with E-state index in [1.807, 2.05) is 0 Å². The quantitative estimate of drug-likeness (QED) is 0.468. The van der Waals surface area contributed by atoms with Crippen LogP contribution < -0.4 is 0 Å². The molecule has 6 heteroatoms. The number of aromatic carboxylic acids is 1. The lowest BCUT2D eigenvalue weighted by atomic mass is 10.1. The van der Waals surface area contributed by atoms with Crippen LogP contribution in [-0.2, 0) is 9.53 Å². The van der Waals surface area contributed by atoms with Gasteiger partial charge in [0.15, 0.2) is 0 Å². The van der Waals surface area contributed by atoms with Gasteiger partial charge < -0.3 is 14.9 Å². The van der Waals surface area contributed by atoms with Crippen LogP contribution in [0.5, 0.6) is 0 Å². The van der Waals surface area contributed by atoms with Gasteiger partial charge >= 0.3 is 17.9 Å². The van der Waals surface area contributed by atoms with E-state index in [0.717, 1.165) is 0 Å². The molecule has 20 heavy (non-hydrogen) atoms. The van der Waals surface area contributed by atoms with Gasteiger partial charge in [0.25, 0.3) is 0 Å².